The largest absolute Gasteiger partial charge is 0.336 e. The van der Waals surface area contributed by atoms with Gasteiger partial charge in [-0.15, -0.1) is 0 Å². The van der Waals surface area contributed by atoms with Gasteiger partial charge < -0.3 is 4.90 Å². The first kappa shape index (κ1) is 19.2. The fourth-order valence-corrected chi connectivity index (χ4v) is 4.51. The van der Waals surface area contributed by atoms with Crippen LogP contribution >= 0.6 is 0 Å². The van der Waals surface area contributed by atoms with E-state index in [4.69, 9.17) is 0 Å². The number of hydrogen-bond acceptors (Lipinski definition) is 3. The van der Waals surface area contributed by atoms with Crippen molar-refractivity contribution in [2.24, 2.45) is 0 Å². The molecule has 0 saturated carbocycles. The lowest BCUT2D eigenvalue weighted by Gasteiger charge is -2.34. The summed E-state index contributed by atoms with van der Waals surface area (Å²) in [5, 5.41) is 0. The molecule has 31 heavy (non-hydrogen) atoms. The summed E-state index contributed by atoms with van der Waals surface area (Å²) in [5.74, 6) is -0.979. The summed E-state index contributed by atoms with van der Waals surface area (Å²) in [7, 11) is 0. The van der Waals surface area contributed by atoms with Gasteiger partial charge in [0.05, 0.1) is 11.1 Å². The standard InChI is InChI=1S/C26H22N2O3/c29-24-21-12-6-7-13-22(21)25(30)28(24)23(16-18-8-2-1-3-9-18)26(31)27-15-14-19-10-4-5-11-20(19)17-27/h1-13,23H,14-17H2. The molecule has 154 valence electrons. The van der Waals surface area contributed by atoms with Gasteiger partial charge in [0.2, 0.25) is 5.91 Å². The maximum atomic E-state index is 13.7. The van der Waals surface area contributed by atoms with E-state index in [-0.39, 0.29) is 5.91 Å². The van der Waals surface area contributed by atoms with Gasteiger partial charge in [0.1, 0.15) is 6.04 Å². The lowest BCUT2D eigenvalue weighted by Crippen LogP contribution is -2.53. The molecule has 0 saturated heterocycles. The van der Waals surface area contributed by atoms with Gasteiger partial charge in [0.25, 0.3) is 11.8 Å². The molecule has 0 aliphatic carbocycles. The highest BCUT2D eigenvalue weighted by atomic mass is 16.2. The molecule has 3 aromatic rings. The van der Waals surface area contributed by atoms with Crippen LogP contribution in [0.2, 0.25) is 0 Å². The van der Waals surface area contributed by atoms with Crippen molar-refractivity contribution in [2.45, 2.75) is 25.4 Å². The molecule has 5 rings (SSSR count). The molecule has 0 radical (unpaired) electrons. The van der Waals surface area contributed by atoms with Crippen LogP contribution in [0.3, 0.4) is 0 Å². The van der Waals surface area contributed by atoms with Gasteiger partial charge in [-0.3, -0.25) is 19.3 Å². The number of carbonyl (C=O) groups excluding carboxylic acids is 3. The van der Waals surface area contributed by atoms with Crippen LogP contribution in [0.1, 0.15) is 37.4 Å². The highest BCUT2D eigenvalue weighted by Crippen LogP contribution is 2.28. The molecule has 3 amide bonds. The highest BCUT2D eigenvalue weighted by molar-refractivity contribution is 6.22. The third-order valence-corrected chi connectivity index (χ3v) is 6.14. The third kappa shape index (κ3) is 3.42. The number of carbonyl (C=O) groups is 3. The van der Waals surface area contributed by atoms with Crippen LogP contribution in [0.5, 0.6) is 0 Å². The fraction of sp³-hybridized carbons (Fsp3) is 0.192. The number of amides is 3. The lowest BCUT2D eigenvalue weighted by atomic mass is 9.97. The second kappa shape index (κ2) is 7.84. The Morgan fingerprint density at radius 3 is 2.03 bits per heavy atom. The van der Waals surface area contributed by atoms with Gasteiger partial charge in [-0.2, -0.15) is 0 Å². The number of benzene rings is 3. The SMILES string of the molecule is O=C(C(Cc1ccccc1)N1C(=O)c2ccccc2C1=O)N1CCc2ccccc2C1. The zero-order valence-corrected chi connectivity index (χ0v) is 17.0. The first-order chi connectivity index (χ1) is 15.1. The maximum Gasteiger partial charge on any atom is 0.262 e. The van der Waals surface area contributed by atoms with Crippen molar-refractivity contribution in [1.82, 2.24) is 9.80 Å². The van der Waals surface area contributed by atoms with E-state index >= 15 is 0 Å². The Morgan fingerprint density at radius 1 is 0.774 bits per heavy atom. The van der Waals surface area contributed by atoms with Crippen LogP contribution in [-0.2, 0) is 24.2 Å². The van der Waals surface area contributed by atoms with Crippen LogP contribution in [0.4, 0.5) is 0 Å². The number of nitrogens with zero attached hydrogens (tertiary/aromatic N) is 2. The van der Waals surface area contributed by atoms with Crippen molar-refractivity contribution in [1.29, 1.82) is 0 Å². The Balaban J connectivity index is 1.49. The van der Waals surface area contributed by atoms with Crippen molar-refractivity contribution in [2.75, 3.05) is 6.54 Å². The minimum Gasteiger partial charge on any atom is -0.336 e. The van der Waals surface area contributed by atoms with Crippen LogP contribution in [0, 0.1) is 0 Å². The van der Waals surface area contributed by atoms with Gasteiger partial charge in [-0.25, -0.2) is 0 Å². The molecule has 3 aromatic carbocycles. The van der Waals surface area contributed by atoms with E-state index in [0.29, 0.717) is 30.6 Å². The molecule has 0 spiro atoms. The first-order valence-corrected chi connectivity index (χ1v) is 10.5. The van der Waals surface area contributed by atoms with Gasteiger partial charge >= 0.3 is 0 Å². The quantitative estimate of drug-likeness (QED) is 0.619. The van der Waals surface area contributed by atoms with Crippen LogP contribution in [-0.4, -0.2) is 40.1 Å². The maximum absolute atomic E-state index is 13.7. The number of rotatable bonds is 4. The van der Waals surface area contributed by atoms with Crippen molar-refractivity contribution < 1.29 is 14.4 Å². The van der Waals surface area contributed by atoms with E-state index in [0.717, 1.165) is 17.5 Å². The fourth-order valence-electron chi connectivity index (χ4n) is 4.51. The van der Waals surface area contributed by atoms with Gasteiger partial charge in [0, 0.05) is 19.5 Å². The second-order valence-corrected chi connectivity index (χ2v) is 8.01. The van der Waals surface area contributed by atoms with Crippen LogP contribution < -0.4 is 0 Å². The Hall–Kier alpha value is -3.73. The Bertz CT molecular complexity index is 1140. The predicted molar refractivity (Wildman–Crippen MR) is 116 cm³/mol. The molecule has 0 fully saturated rings. The summed E-state index contributed by atoms with van der Waals surface area (Å²) in [6, 6.07) is 23.5. The zero-order chi connectivity index (χ0) is 21.4. The van der Waals surface area contributed by atoms with Crippen molar-refractivity contribution in [3.63, 3.8) is 0 Å². The number of hydrogen-bond donors (Lipinski definition) is 0. The number of fused-ring (bicyclic) bond motifs is 2. The van der Waals surface area contributed by atoms with Crippen LogP contribution in [0.15, 0.2) is 78.9 Å². The van der Waals surface area contributed by atoms with Gasteiger partial charge in [-0.1, -0.05) is 66.7 Å². The first-order valence-electron chi connectivity index (χ1n) is 10.5. The van der Waals surface area contributed by atoms with Crippen molar-refractivity contribution in [3.8, 4) is 0 Å². The lowest BCUT2D eigenvalue weighted by molar-refractivity contribution is -0.136. The molecule has 2 heterocycles. The minimum absolute atomic E-state index is 0.187. The normalized spacial score (nSPS) is 16.1. The summed E-state index contributed by atoms with van der Waals surface area (Å²) in [6.45, 7) is 1.06. The van der Waals surface area contributed by atoms with E-state index in [1.165, 1.54) is 10.5 Å². The third-order valence-electron chi connectivity index (χ3n) is 6.14. The number of imide groups is 1. The molecule has 0 bridgehead atoms. The van der Waals surface area contributed by atoms with E-state index in [2.05, 4.69) is 6.07 Å². The molecular formula is C26H22N2O3. The molecule has 1 atom stereocenters. The average Bonchev–Trinajstić information content (AvgIpc) is 3.07. The minimum atomic E-state index is -0.875. The van der Waals surface area contributed by atoms with Crippen molar-refractivity contribution in [3.05, 3.63) is 107 Å². The summed E-state index contributed by atoms with van der Waals surface area (Å²) < 4.78 is 0. The molecular weight excluding hydrogens is 388 g/mol. The van der Waals surface area contributed by atoms with Crippen molar-refractivity contribution >= 4 is 17.7 Å². The average molecular weight is 410 g/mol. The highest BCUT2D eigenvalue weighted by Gasteiger charge is 2.44. The topological polar surface area (TPSA) is 57.7 Å². The van der Waals surface area contributed by atoms with Gasteiger partial charge in [0.15, 0.2) is 0 Å². The van der Waals surface area contributed by atoms with Gasteiger partial charge in [-0.05, 0) is 35.2 Å². The zero-order valence-electron chi connectivity index (χ0n) is 17.0. The second-order valence-electron chi connectivity index (χ2n) is 8.01. The summed E-state index contributed by atoms with van der Waals surface area (Å²) in [6.07, 6.45) is 1.06. The van der Waals surface area contributed by atoms with E-state index in [1.54, 1.807) is 29.2 Å². The molecule has 5 nitrogen and oxygen atoms in total. The summed E-state index contributed by atoms with van der Waals surface area (Å²) >= 11 is 0. The summed E-state index contributed by atoms with van der Waals surface area (Å²) in [4.78, 5) is 43.0. The molecule has 2 aliphatic heterocycles. The smallest absolute Gasteiger partial charge is 0.262 e. The Morgan fingerprint density at radius 2 is 1.35 bits per heavy atom. The molecule has 2 aliphatic rings. The molecule has 5 heteroatoms. The Labute approximate surface area is 180 Å². The van der Waals surface area contributed by atoms with E-state index in [1.807, 2.05) is 48.5 Å². The van der Waals surface area contributed by atoms with E-state index < -0.39 is 17.9 Å². The summed E-state index contributed by atoms with van der Waals surface area (Å²) in [5.41, 5.74) is 3.99. The Kier molecular flexibility index (Phi) is 4.86. The predicted octanol–water partition coefficient (Wildman–Crippen LogP) is 3.48. The van der Waals surface area contributed by atoms with E-state index in [9.17, 15) is 14.4 Å². The monoisotopic (exact) mass is 410 g/mol. The molecule has 1 unspecified atom stereocenters. The molecule has 0 N–H and O–H groups in total. The van der Waals surface area contributed by atoms with Crippen LogP contribution in [0.25, 0.3) is 0 Å². The molecule has 0 aromatic heterocycles.